The molecule has 0 spiro atoms. The Bertz CT molecular complexity index is 543. The van der Waals surface area contributed by atoms with Crippen LogP contribution in [0.4, 0.5) is 5.82 Å². The second-order valence-electron chi connectivity index (χ2n) is 3.96. The van der Waals surface area contributed by atoms with Crippen molar-refractivity contribution in [2.45, 2.75) is 13.5 Å². The average Bonchev–Trinajstić information content (AvgIpc) is 2.40. The number of rotatable bonds is 4. The van der Waals surface area contributed by atoms with Crippen LogP contribution in [0.25, 0.3) is 0 Å². The molecule has 0 unspecified atom stereocenters. The molecular weight excluding hydrogens is 248 g/mol. The number of aryl methyl sites for hydroxylation is 1. The van der Waals surface area contributed by atoms with Gasteiger partial charge in [0.15, 0.2) is 0 Å². The van der Waals surface area contributed by atoms with Crippen molar-refractivity contribution in [1.82, 2.24) is 4.98 Å². The summed E-state index contributed by atoms with van der Waals surface area (Å²) in [4.78, 5) is 4.23. The fourth-order valence-corrected chi connectivity index (χ4v) is 1.77. The Morgan fingerprint density at radius 1 is 1.33 bits per heavy atom. The van der Waals surface area contributed by atoms with Crippen LogP contribution < -0.4 is 10.1 Å². The first kappa shape index (κ1) is 12.7. The monoisotopic (exact) mass is 262 g/mol. The van der Waals surface area contributed by atoms with Gasteiger partial charge in [0, 0.05) is 23.8 Å². The number of aromatic nitrogens is 1. The predicted molar refractivity (Wildman–Crippen MR) is 74.3 cm³/mol. The molecule has 0 saturated heterocycles. The third-order valence-electron chi connectivity index (χ3n) is 2.65. The fraction of sp³-hybridized carbons (Fsp3) is 0.214. The molecule has 0 fully saturated rings. The molecule has 0 aliphatic rings. The van der Waals surface area contributed by atoms with Crippen molar-refractivity contribution in [3.8, 4) is 5.75 Å². The van der Waals surface area contributed by atoms with Crippen molar-refractivity contribution >= 4 is 17.4 Å². The zero-order valence-electron chi connectivity index (χ0n) is 10.4. The van der Waals surface area contributed by atoms with Gasteiger partial charge in [-0.3, -0.25) is 0 Å². The minimum atomic E-state index is 0.477. The van der Waals surface area contributed by atoms with Crippen LogP contribution >= 0.6 is 11.6 Å². The van der Waals surface area contributed by atoms with Crippen molar-refractivity contribution < 1.29 is 4.74 Å². The zero-order valence-corrected chi connectivity index (χ0v) is 11.2. The Morgan fingerprint density at radius 2 is 2.17 bits per heavy atom. The van der Waals surface area contributed by atoms with Gasteiger partial charge in [-0.05, 0) is 36.8 Å². The molecule has 0 aliphatic heterocycles. The van der Waals surface area contributed by atoms with Gasteiger partial charge in [-0.25, -0.2) is 4.98 Å². The van der Waals surface area contributed by atoms with Gasteiger partial charge in [0.05, 0.1) is 0 Å². The average molecular weight is 263 g/mol. The summed E-state index contributed by atoms with van der Waals surface area (Å²) in [5.41, 5.74) is 2.03. The molecule has 0 saturated carbocycles. The molecule has 0 bridgehead atoms. The molecule has 4 heteroatoms. The lowest BCUT2D eigenvalue weighted by atomic mass is 10.2. The van der Waals surface area contributed by atoms with Gasteiger partial charge in [0.25, 0.3) is 0 Å². The second-order valence-corrected chi connectivity index (χ2v) is 4.37. The topological polar surface area (TPSA) is 34.2 Å². The Kier molecular flexibility index (Phi) is 4.05. The highest BCUT2D eigenvalue weighted by molar-refractivity contribution is 6.31. The number of hydrogen-bond acceptors (Lipinski definition) is 3. The maximum atomic E-state index is 5.97. The third-order valence-corrected chi connectivity index (χ3v) is 3.08. The van der Waals surface area contributed by atoms with E-state index in [0.29, 0.717) is 6.61 Å². The van der Waals surface area contributed by atoms with Gasteiger partial charge >= 0.3 is 0 Å². The first-order chi connectivity index (χ1) is 8.70. The van der Waals surface area contributed by atoms with Gasteiger partial charge in [0.1, 0.15) is 18.2 Å². The number of benzene rings is 1. The van der Waals surface area contributed by atoms with Gasteiger partial charge in [0.2, 0.25) is 0 Å². The van der Waals surface area contributed by atoms with E-state index >= 15 is 0 Å². The highest BCUT2D eigenvalue weighted by Crippen LogP contribution is 2.22. The molecule has 2 aromatic rings. The summed E-state index contributed by atoms with van der Waals surface area (Å²) in [5.74, 6) is 1.64. The van der Waals surface area contributed by atoms with Crippen LogP contribution in [0.15, 0.2) is 36.5 Å². The quantitative estimate of drug-likeness (QED) is 0.913. The Hall–Kier alpha value is -1.74. The Morgan fingerprint density at radius 3 is 2.89 bits per heavy atom. The lowest BCUT2D eigenvalue weighted by Crippen LogP contribution is -2.02. The highest BCUT2D eigenvalue weighted by atomic mass is 35.5. The van der Waals surface area contributed by atoms with Crippen LogP contribution in [-0.4, -0.2) is 12.0 Å². The Labute approximate surface area is 112 Å². The van der Waals surface area contributed by atoms with Gasteiger partial charge < -0.3 is 10.1 Å². The maximum absolute atomic E-state index is 5.97. The highest BCUT2D eigenvalue weighted by Gasteiger charge is 2.03. The summed E-state index contributed by atoms with van der Waals surface area (Å²) in [6.07, 6.45) is 1.75. The first-order valence-electron chi connectivity index (χ1n) is 5.71. The molecular formula is C14H15ClN2O. The van der Waals surface area contributed by atoms with E-state index in [1.54, 1.807) is 6.20 Å². The molecule has 1 heterocycles. The molecule has 0 aliphatic carbocycles. The SMILES string of the molecule is CNc1ncccc1COc1ccc(Cl)c(C)c1. The standard InChI is InChI=1S/C14H15ClN2O/c1-10-8-12(5-6-13(10)15)18-9-11-4-3-7-17-14(11)16-2/h3-8H,9H2,1-2H3,(H,16,17). The van der Waals surface area contributed by atoms with Gasteiger partial charge in [-0.1, -0.05) is 17.7 Å². The number of ether oxygens (including phenoxy) is 1. The van der Waals surface area contributed by atoms with Crippen LogP contribution in [0.3, 0.4) is 0 Å². The van der Waals surface area contributed by atoms with Crippen molar-refractivity contribution in [3.05, 3.63) is 52.7 Å². The van der Waals surface area contributed by atoms with Crippen molar-refractivity contribution in [2.24, 2.45) is 0 Å². The number of anilines is 1. The molecule has 0 radical (unpaired) electrons. The van der Waals surface area contributed by atoms with Crippen LogP contribution in [0.1, 0.15) is 11.1 Å². The van der Waals surface area contributed by atoms with E-state index in [1.165, 1.54) is 0 Å². The van der Waals surface area contributed by atoms with E-state index in [4.69, 9.17) is 16.3 Å². The van der Waals surface area contributed by atoms with Crippen molar-refractivity contribution in [3.63, 3.8) is 0 Å². The van der Waals surface area contributed by atoms with Crippen molar-refractivity contribution in [2.75, 3.05) is 12.4 Å². The summed E-state index contributed by atoms with van der Waals surface area (Å²) in [5, 5.41) is 3.79. The molecule has 18 heavy (non-hydrogen) atoms. The Balaban J connectivity index is 2.09. The molecule has 94 valence electrons. The lowest BCUT2D eigenvalue weighted by Gasteiger charge is -2.10. The summed E-state index contributed by atoms with van der Waals surface area (Å²) in [6, 6.07) is 9.52. The van der Waals surface area contributed by atoms with E-state index < -0.39 is 0 Å². The van der Waals surface area contributed by atoms with Crippen LogP contribution in [0.5, 0.6) is 5.75 Å². The molecule has 0 amide bonds. The smallest absolute Gasteiger partial charge is 0.132 e. The fourth-order valence-electron chi connectivity index (χ4n) is 1.65. The van der Waals surface area contributed by atoms with E-state index in [-0.39, 0.29) is 0 Å². The minimum Gasteiger partial charge on any atom is -0.489 e. The van der Waals surface area contributed by atoms with E-state index in [0.717, 1.165) is 27.7 Å². The lowest BCUT2D eigenvalue weighted by molar-refractivity contribution is 0.306. The van der Waals surface area contributed by atoms with Gasteiger partial charge in [-0.2, -0.15) is 0 Å². The predicted octanol–water partition coefficient (Wildman–Crippen LogP) is 3.66. The maximum Gasteiger partial charge on any atom is 0.132 e. The molecule has 1 N–H and O–H groups in total. The second kappa shape index (κ2) is 5.74. The summed E-state index contributed by atoms with van der Waals surface area (Å²) in [7, 11) is 1.85. The van der Waals surface area contributed by atoms with E-state index in [9.17, 15) is 0 Å². The summed E-state index contributed by atoms with van der Waals surface area (Å²) in [6.45, 7) is 2.43. The van der Waals surface area contributed by atoms with Gasteiger partial charge in [-0.15, -0.1) is 0 Å². The van der Waals surface area contributed by atoms with Crippen LogP contribution in [0.2, 0.25) is 5.02 Å². The number of pyridine rings is 1. The number of nitrogens with zero attached hydrogens (tertiary/aromatic N) is 1. The molecule has 1 aromatic carbocycles. The largest absolute Gasteiger partial charge is 0.489 e. The van der Waals surface area contributed by atoms with Crippen LogP contribution in [-0.2, 0) is 6.61 Å². The molecule has 2 rings (SSSR count). The van der Waals surface area contributed by atoms with Crippen molar-refractivity contribution in [1.29, 1.82) is 0 Å². The van der Waals surface area contributed by atoms with E-state index in [1.807, 2.05) is 44.3 Å². The minimum absolute atomic E-state index is 0.477. The van der Waals surface area contributed by atoms with E-state index in [2.05, 4.69) is 10.3 Å². The normalized spacial score (nSPS) is 10.2. The zero-order chi connectivity index (χ0) is 13.0. The third kappa shape index (κ3) is 2.93. The number of hydrogen-bond donors (Lipinski definition) is 1. The molecule has 1 aromatic heterocycles. The number of halogens is 1. The molecule has 0 atom stereocenters. The summed E-state index contributed by atoms with van der Waals surface area (Å²) >= 11 is 5.97. The van der Waals surface area contributed by atoms with Crippen LogP contribution in [0, 0.1) is 6.92 Å². The summed E-state index contributed by atoms with van der Waals surface area (Å²) < 4.78 is 5.73. The first-order valence-corrected chi connectivity index (χ1v) is 6.09. The molecule has 3 nitrogen and oxygen atoms in total. The number of nitrogens with one attached hydrogen (secondary N) is 1.